The third-order valence-corrected chi connectivity index (χ3v) is 2.28. The molecule has 0 heterocycles. The van der Waals surface area contributed by atoms with Crippen molar-refractivity contribution in [3.63, 3.8) is 0 Å². The maximum atomic E-state index is 10.7. The van der Waals surface area contributed by atoms with Gasteiger partial charge < -0.3 is 0 Å². The molecule has 7 nitrogen and oxygen atoms in total. The number of carboxylic acid groups (broad SMARTS) is 2. The summed E-state index contributed by atoms with van der Waals surface area (Å²) in [7, 11) is 0. The van der Waals surface area contributed by atoms with Gasteiger partial charge in [-0.2, -0.15) is 0 Å². The Labute approximate surface area is 95.0 Å². The molecule has 0 amide bonds. The predicted molar refractivity (Wildman–Crippen MR) is 41.3 cm³/mol. The van der Waals surface area contributed by atoms with Gasteiger partial charge in [-0.1, -0.05) is 0 Å². The summed E-state index contributed by atoms with van der Waals surface area (Å²) in [5.74, 6) is -4.19. The molecule has 0 rings (SSSR count). The van der Waals surface area contributed by atoms with Crippen molar-refractivity contribution < 1.29 is 32.4 Å². The third kappa shape index (κ3) is 4.00. The number of rotatable bonds is 5. The van der Waals surface area contributed by atoms with Gasteiger partial charge in [0.25, 0.3) is 0 Å². The molecule has 3 radical (unpaired) electrons. The molecule has 0 aromatic heterocycles. The van der Waals surface area contributed by atoms with E-state index < -0.39 is 36.4 Å². The van der Waals surface area contributed by atoms with E-state index in [1.54, 1.807) is 0 Å². The number of carbonyl (C=O) groups excluding carboxylic acids is 1. The molecule has 1 unspecified atom stereocenters. The van der Waals surface area contributed by atoms with Crippen LogP contribution >= 0.6 is 0 Å². The van der Waals surface area contributed by atoms with Gasteiger partial charge in [0.2, 0.25) is 0 Å². The van der Waals surface area contributed by atoms with Gasteiger partial charge in [-0.3, -0.25) is 0 Å². The van der Waals surface area contributed by atoms with E-state index in [2.05, 4.69) is 2.69 Å². The van der Waals surface area contributed by atoms with E-state index in [-0.39, 0.29) is 26.2 Å². The van der Waals surface area contributed by atoms with Crippen molar-refractivity contribution in [3.8, 4) is 0 Å². The van der Waals surface area contributed by atoms with E-state index in [1.165, 1.54) is 0 Å². The van der Waals surface area contributed by atoms with Crippen molar-refractivity contribution in [1.82, 2.24) is 0 Å². The number of carboxylic acids is 2. The van der Waals surface area contributed by atoms with Crippen molar-refractivity contribution in [3.05, 3.63) is 0 Å². The average Bonchev–Trinajstić information content (AvgIpc) is 2.02. The van der Waals surface area contributed by atoms with Crippen LogP contribution in [0.2, 0.25) is 0 Å². The van der Waals surface area contributed by atoms with Gasteiger partial charge in [-0.05, 0) is 0 Å². The zero-order valence-corrected chi connectivity index (χ0v) is 10.8. The van der Waals surface area contributed by atoms with Crippen LogP contribution in [0, 0.1) is 0 Å². The fraction of sp³-hybridized carbons (Fsp3) is 0.500. The van der Waals surface area contributed by atoms with Crippen LogP contribution < -0.4 is 0 Å². The second-order valence-corrected chi connectivity index (χ2v) is 3.35. The van der Waals surface area contributed by atoms with Crippen molar-refractivity contribution in [2.45, 2.75) is 18.4 Å². The zero-order valence-electron chi connectivity index (χ0n) is 6.89. The van der Waals surface area contributed by atoms with Crippen LogP contribution in [0.3, 0.4) is 0 Å². The SMILES string of the molecule is O=C(O)CC(O)(CC(=O)[O][Pb])C(=O)O. The Bertz CT molecular complexity index is 263. The van der Waals surface area contributed by atoms with Gasteiger partial charge in [0.1, 0.15) is 0 Å². The quantitative estimate of drug-likeness (QED) is 0.472. The Morgan fingerprint density at radius 2 is 1.71 bits per heavy atom. The van der Waals surface area contributed by atoms with E-state index in [1.807, 2.05) is 0 Å². The van der Waals surface area contributed by atoms with E-state index in [4.69, 9.17) is 10.2 Å². The number of aliphatic hydroxyl groups is 1. The van der Waals surface area contributed by atoms with Crippen molar-refractivity contribution in [2.75, 3.05) is 0 Å². The molecule has 0 aliphatic heterocycles. The fourth-order valence-corrected chi connectivity index (χ4v) is 1.02. The molecule has 0 bridgehead atoms. The van der Waals surface area contributed by atoms with Crippen LogP contribution in [-0.4, -0.2) is 65.0 Å². The maximum absolute atomic E-state index is 10.7. The Hall–Kier alpha value is -0.708. The second-order valence-electron chi connectivity index (χ2n) is 2.56. The van der Waals surface area contributed by atoms with Crippen LogP contribution in [0.15, 0.2) is 0 Å². The van der Waals surface area contributed by atoms with Gasteiger partial charge in [-0.15, -0.1) is 0 Å². The van der Waals surface area contributed by atoms with Gasteiger partial charge in [0.05, 0.1) is 0 Å². The molecule has 8 heteroatoms. The molecular formula is C6H7O7Pb. The number of hydrogen-bond donors (Lipinski definition) is 3. The van der Waals surface area contributed by atoms with E-state index in [9.17, 15) is 19.5 Å². The van der Waals surface area contributed by atoms with Crippen LogP contribution in [0.1, 0.15) is 12.8 Å². The molecule has 0 aromatic rings. The molecule has 3 N–H and O–H groups in total. The van der Waals surface area contributed by atoms with Gasteiger partial charge >= 0.3 is 95.0 Å². The second kappa shape index (κ2) is 5.24. The fourth-order valence-electron chi connectivity index (χ4n) is 0.739. The van der Waals surface area contributed by atoms with Gasteiger partial charge in [-0.25, -0.2) is 0 Å². The number of hydrogen-bond acceptors (Lipinski definition) is 5. The minimum absolute atomic E-state index is 0.0598. The molecule has 1 atom stereocenters. The summed E-state index contributed by atoms with van der Waals surface area (Å²) in [5, 5.41) is 26.1. The van der Waals surface area contributed by atoms with Crippen LogP contribution in [0.25, 0.3) is 0 Å². The van der Waals surface area contributed by atoms with E-state index in [0.29, 0.717) is 0 Å². The molecule has 14 heavy (non-hydrogen) atoms. The first kappa shape index (κ1) is 13.3. The summed E-state index contributed by atoms with van der Waals surface area (Å²) in [4.78, 5) is 31.4. The monoisotopic (exact) mass is 399 g/mol. The summed E-state index contributed by atoms with van der Waals surface area (Å²) in [6, 6.07) is 0. The first-order valence-corrected chi connectivity index (χ1v) is 4.94. The Kier molecular flexibility index (Phi) is 4.98. The van der Waals surface area contributed by atoms with Crippen LogP contribution in [0.5, 0.6) is 0 Å². The van der Waals surface area contributed by atoms with Crippen LogP contribution in [0.4, 0.5) is 0 Å². The van der Waals surface area contributed by atoms with Crippen molar-refractivity contribution in [1.29, 1.82) is 0 Å². The van der Waals surface area contributed by atoms with Crippen LogP contribution in [-0.2, 0) is 17.1 Å². The Balaban J connectivity index is 4.63. The summed E-state index contributed by atoms with van der Waals surface area (Å²) in [6.07, 6.45) is -1.91. The Morgan fingerprint density at radius 1 is 1.21 bits per heavy atom. The number of carbonyl (C=O) groups is 3. The first-order valence-electron chi connectivity index (χ1n) is 3.36. The summed E-state index contributed by atoms with van der Waals surface area (Å²) < 4.78 is 4.26. The molecule has 0 aromatic carbocycles. The summed E-state index contributed by atoms with van der Waals surface area (Å²) >= 11 is 0.0598. The minimum atomic E-state index is -2.59. The molecule has 0 saturated carbocycles. The molecule has 0 aliphatic carbocycles. The molecule has 0 spiro atoms. The van der Waals surface area contributed by atoms with E-state index in [0.717, 1.165) is 0 Å². The third-order valence-electron chi connectivity index (χ3n) is 1.39. The van der Waals surface area contributed by atoms with Gasteiger partial charge in [0.15, 0.2) is 0 Å². The number of aliphatic carboxylic acids is 2. The standard InChI is InChI=1S/C6H8O7.Pb/c7-3(8)1-6(13,5(11)12)2-4(9)10;/h13H,1-2H2,(H,7,8)(H,9,10)(H,11,12);/q;+1/p-1. The van der Waals surface area contributed by atoms with Crippen molar-refractivity contribution in [2.24, 2.45) is 0 Å². The summed E-state index contributed by atoms with van der Waals surface area (Å²) in [5.41, 5.74) is -2.59. The predicted octanol–water partition coefficient (Wildman–Crippen LogP) is -1.71. The average molecular weight is 398 g/mol. The van der Waals surface area contributed by atoms with E-state index >= 15 is 0 Å². The molecule has 77 valence electrons. The topological polar surface area (TPSA) is 121 Å². The molecule has 0 fully saturated rings. The first-order chi connectivity index (χ1) is 6.31. The zero-order chi connectivity index (χ0) is 11.4. The molecule has 0 saturated heterocycles. The van der Waals surface area contributed by atoms with Crippen molar-refractivity contribution >= 4 is 44.1 Å². The Morgan fingerprint density at radius 3 is 2.00 bits per heavy atom. The molecular weight excluding hydrogens is 391 g/mol. The molecule has 0 aliphatic rings. The normalized spacial score (nSPS) is 14.1. The van der Waals surface area contributed by atoms with Gasteiger partial charge in [0, 0.05) is 0 Å². The summed E-state index contributed by atoms with van der Waals surface area (Å²) in [6.45, 7) is 0.